The number of aliphatic hydroxyl groups is 1. The van der Waals surface area contributed by atoms with Crippen molar-refractivity contribution < 1.29 is 32.3 Å². The third kappa shape index (κ3) is 2.47. The Labute approximate surface area is 82.5 Å². The number of hydrogen-bond donors (Lipinski definition) is 3. The van der Waals surface area contributed by atoms with E-state index in [0.29, 0.717) is 12.2 Å². The van der Waals surface area contributed by atoms with Gasteiger partial charge in [0.15, 0.2) is 18.5 Å². The van der Waals surface area contributed by atoms with Gasteiger partial charge in [-0.3, -0.25) is 0 Å². The molecular weight excluding hydrogens is 194 g/mol. The van der Waals surface area contributed by atoms with E-state index in [1.54, 1.807) is 17.7 Å². The summed E-state index contributed by atoms with van der Waals surface area (Å²) in [6, 6.07) is 1.39. The molecule has 0 aliphatic heterocycles. The molecule has 0 aromatic carbocycles. The summed E-state index contributed by atoms with van der Waals surface area (Å²) >= 11 is 0. The van der Waals surface area contributed by atoms with E-state index in [9.17, 15) is 5.11 Å². The highest BCUT2D eigenvalue weighted by atomic mass is 35.5. The van der Waals surface area contributed by atoms with Gasteiger partial charge in [-0.2, -0.15) is 4.57 Å². The van der Waals surface area contributed by atoms with Crippen LogP contribution in [0.25, 0.3) is 0 Å². The Morgan fingerprint density at radius 3 is 2.54 bits per heavy atom. The topological polar surface area (TPSA) is 64.6 Å². The quantitative estimate of drug-likeness (QED) is 0.443. The highest BCUT2D eigenvalue weighted by Gasteiger charge is 2.13. The molecule has 0 saturated heterocycles. The lowest BCUT2D eigenvalue weighted by Crippen LogP contribution is -3.00. The van der Waals surface area contributed by atoms with Gasteiger partial charge in [0.2, 0.25) is 11.4 Å². The standard InChI is InChI=1S/C8H11NO3.ClH/c1-6-8(12)7(11)2-3-9(6)4-5-10;/h2-3,10,12H,4-5H2,1H3;1H. The zero-order valence-corrected chi connectivity index (χ0v) is 7.99. The van der Waals surface area contributed by atoms with Gasteiger partial charge in [0.05, 0.1) is 0 Å². The number of rotatable bonds is 2. The molecule has 74 valence electrons. The van der Waals surface area contributed by atoms with Crippen molar-refractivity contribution in [1.29, 1.82) is 0 Å². The molecule has 13 heavy (non-hydrogen) atoms. The number of aromatic hydroxyl groups is 2. The molecular formula is C8H12ClNO3. The normalized spacial score (nSPS) is 9.38. The summed E-state index contributed by atoms with van der Waals surface area (Å²) in [7, 11) is 0. The molecule has 0 spiro atoms. The van der Waals surface area contributed by atoms with Crippen LogP contribution < -0.4 is 17.0 Å². The van der Waals surface area contributed by atoms with Crippen molar-refractivity contribution in [2.45, 2.75) is 13.5 Å². The highest BCUT2D eigenvalue weighted by Crippen LogP contribution is 2.24. The van der Waals surface area contributed by atoms with E-state index >= 15 is 0 Å². The molecule has 4 nitrogen and oxygen atoms in total. The lowest BCUT2D eigenvalue weighted by atomic mass is 10.3. The first-order valence-electron chi connectivity index (χ1n) is 3.68. The highest BCUT2D eigenvalue weighted by molar-refractivity contribution is 5.36. The number of aliphatic hydroxyl groups excluding tert-OH is 1. The molecule has 0 fully saturated rings. The van der Waals surface area contributed by atoms with Gasteiger partial charge < -0.3 is 27.7 Å². The molecule has 1 rings (SSSR count). The predicted molar refractivity (Wildman–Crippen MR) is 41.8 cm³/mol. The second kappa shape index (κ2) is 4.89. The van der Waals surface area contributed by atoms with Gasteiger partial charge in [0, 0.05) is 13.0 Å². The average Bonchev–Trinajstić information content (AvgIpc) is 2.07. The SMILES string of the molecule is Cc1c(O)c(O)cc[n+]1CCO.[Cl-]. The Kier molecular flexibility index (Phi) is 4.51. The first-order valence-corrected chi connectivity index (χ1v) is 3.68. The van der Waals surface area contributed by atoms with Crippen LogP contribution in [0.15, 0.2) is 12.3 Å². The lowest BCUT2D eigenvalue weighted by molar-refractivity contribution is -0.704. The summed E-state index contributed by atoms with van der Waals surface area (Å²) in [5, 5.41) is 27.0. The minimum Gasteiger partial charge on any atom is -1.00 e. The number of aromatic nitrogens is 1. The molecule has 5 heteroatoms. The maximum absolute atomic E-state index is 9.26. The van der Waals surface area contributed by atoms with Crippen molar-refractivity contribution in [3.05, 3.63) is 18.0 Å². The van der Waals surface area contributed by atoms with E-state index in [2.05, 4.69) is 0 Å². The lowest BCUT2D eigenvalue weighted by Gasteiger charge is -2.01. The molecule has 1 aromatic rings. The van der Waals surface area contributed by atoms with Crippen molar-refractivity contribution in [2.75, 3.05) is 6.61 Å². The fourth-order valence-corrected chi connectivity index (χ4v) is 1.02. The van der Waals surface area contributed by atoms with E-state index < -0.39 is 0 Å². The van der Waals surface area contributed by atoms with Crippen LogP contribution in [-0.2, 0) is 6.54 Å². The Morgan fingerprint density at radius 1 is 1.38 bits per heavy atom. The Balaban J connectivity index is 0.00000144. The van der Waals surface area contributed by atoms with Gasteiger partial charge in [-0.1, -0.05) is 0 Å². The molecule has 1 aromatic heterocycles. The molecule has 0 aliphatic carbocycles. The molecule has 1 heterocycles. The number of hydrogen-bond acceptors (Lipinski definition) is 3. The number of halogens is 1. The molecule has 0 bridgehead atoms. The van der Waals surface area contributed by atoms with Crippen LogP contribution in [0.2, 0.25) is 0 Å². The van der Waals surface area contributed by atoms with Crippen LogP contribution in [0.5, 0.6) is 11.5 Å². The Morgan fingerprint density at radius 2 is 2.00 bits per heavy atom. The minimum absolute atomic E-state index is 0. The van der Waals surface area contributed by atoms with Crippen molar-refractivity contribution in [1.82, 2.24) is 0 Å². The second-order valence-electron chi connectivity index (χ2n) is 2.55. The van der Waals surface area contributed by atoms with Crippen LogP contribution in [-0.4, -0.2) is 21.9 Å². The van der Waals surface area contributed by atoms with Crippen LogP contribution >= 0.6 is 0 Å². The summed E-state index contributed by atoms with van der Waals surface area (Å²) < 4.78 is 1.66. The number of pyridine rings is 1. The van der Waals surface area contributed by atoms with E-state index in [-0.39, 0.29) is 30.5 Å². The summed E-state index contributed by atoms with van der Waals surface area (Å²) in [4.78, 5) is 0. The van der Waals surface area contributed by atoms with E-state index in [1.807, 2.05) is 0 Å². The molecule has 0 atom stereocenters. The van der Waals surface area contributed by atoms with Crippen LogP contribution in [0.1, 0.15) is 5.69 Å². The smallest absolute Gasteiger partial charge is 0.226 e. The van der Waals surface area contributed by atoms with Crippen molar-refractivity contribution >= 4 is 0 Å². The van der Waals surface area contributed by atoms with Crippen LogP contribution in [0.4, 0.5) is 0 Å². The molecule has 0 aliphatic rings. The average molecular weight is 206 g/mol. The Bertz CT molecular complexity index is 291. The largest absolute Gasteiger partial charge is 1.00 e. The second-order valence-corrected chi connectivity index (χ2v) is 2.55. The summed E-state index contributed by atoms with van der Waals surface area (Å²) in [6.45, 7) is 2.10. The fourth-order valence-electron chi connectivity index (χ4n) is 1.02. The van der Waals surface area contributed by atoms with Crippen LogP contribution in [0.3, 0.4) is 0 Å². The van der Waals surface area contributed by atoms with E-state index in [4.69, 9.17) is 10.2 Å². The minimum atomic E-state index is -0.137. The van der Waals surface area contributed by atoms with Gasteiger partial charge >= 0.3 is 0 Å². The maximum Gasteiger partial charge on any atom is 0.226 e. The van der Waals surface area contributed by atoms with Gasteiger partial charge in [-0.05, 0) is 0 Å². The Hall–Kier alpha value is -1.00. The van der Waals surface area contributed by atoms with Gasteiger partial charge in [0.25, 0.3) is 0 Å². The summed E-state index contributed by atoms with van der Waals surface area (Å²) in [5.74, 6) is -0.271. The third-order valence-corrected chi connectivity index (χ3v) is 1.77. The number of nitrogens with zero attached hydrogens (tertiary/aromatic N) is 1. The summed E-state index contributed by atoms with van der Waals surface area (Å²) in [5.41, 5.74) is 0.545. The monoisotopic (exact) mass is 205 g/mol. The van der Waals surface area contributed by atoms with Crippen molar-refractivity contribution in [3.8, 4) is 11.5 Å². The maximum atomic E-state index is 9.26. The fraction of sp³-hybridized carbons (Fsp3) is 0.375. The van der Waals surface area contributed by atoms with Gasteiger partial charge in [-0.25, -0.2) is 0 Å². The predicted octanol–water partition coefficient (Wildman–Crippen LogP) is -3.31. The zero-order valence-electron chi connectivity index (χ0n) is 7.24. The molecule has 0 saturated carbocycles. The summed E-state index contributed by atoms with van der Waals surface area (Å²) in [6.07, 6.45) is 1.61. The molecule has 3 N–H and O–H groups in total. The van der Waals surface area contributed by atoms with E-state index in [0.717, 1.165) is 0 Å². The van der Waals surface area contributed by atoms with Gasteiger partial charge in [-0.15, -0.1) is 0 Å². The zero-order chi connectivity index (χ0) is 9.14. The van der Waals surface area contributed by atoms with Crippen LogP contribution in [0, 0.1) is 6.92 Å². The first-order chi connectivity index (χ1) is 5.66. The van der Waals surface area contributed by atoms with E-state index in [1.165, 1.54) is 6.07 Å². The molecule has 0 unspecified atom stereocenters. The van der Waals surface area contributed by atoms with Crippen molar-refractivity contribution in [2.24, 2.45) is 0 Å². The van der Waals surface area contributed by atoms with Gasteiger partial charge in [0.1, 0.15) is 6.61 Å². The molecule has 0 radical (unpaired) electrons. The first kappa shape index (κ1) is 12.0. The molecule has 0 amide bonds. The third-order valence-electron chi connectivity index (χ3n) is 1.77. The van der Waals surface area contributed by atoms with Crippen molar-refractivity contribution in [3.63, 3.8) is 0 Å².